The van der Waals surface area contributed by atoms with E-state index in [2.05, 4.69) is 9.97 Å². The Balaban J connectivity index is 1.79. The molecule has 0 radical (unpaired) electrons. The van der Waals surface area contributed by atoms with E-state index in [0.29, 0.717) is 27.5 Å². The summed E-state index contributed by atoms with van der Waals surface area (Å²) in [5.74, 6) is 1.23. The van der Waals surface area contributed by atoms with Crippen LogP contribution in [0.1, 0.15) is 22.5 Å². The summed E-state index contributed by atoms with van der Waals surface area (Å²) in [5.41, 5.74) is 3.14. The van der Waals surface area contributed by atoms with E-state index in [9.17, 15) is 13.2 Å². The van der Waals surface area contributed by atoms with Crippen molar-refractivity contribution in [1.82, 2.24) is 14.5 Å². The van der Waals surface area contributed by atoms with Gasteiger partial charge in [-0.05, 0) is 36.8 Å². The van der Waals surface area contributed by atoms with Crippen molar-refractivity contribution in [2.75, 3.05) is 7.11 Å². The van der Waals surface area contributed by atoms with Gasteiger partial charge in [0.15, 0.2) is 0 Å². The summed E-state index contributed by atoms with van der Waals surface area (Å²) >= 11 is 6.76. The van der Waals surface area contributed by atoms with Crippen LogP contribution in [0.4, 0.5) is 13.2 Å². The summed E-state index contributed by atoms with van der Waals surface area (Å²) in [6, 6.07) is 10.8. The smallest absolute Gasteiger partial charge is 0.416 e. The Bertz CT molecular complexity index is 1260. The summed E-state index contributed by atoms with van der Waals surface area (Å²) in [6.07, 6.45) is -2.29. The zero-order valence-electron chi connectivity index (χ0n) is 17.1. The van der Waals surface area contributed by atoms with E-state index >= 15 is 0 Å². The topological polar surface area (TPSA) is 39.9 Å². The van der Waals surface area contributed by atoms with Crippen molar-refractivity contribution >= 4 is 22.5 Å². The molecule has 8 heteroatoms. The Morgan fingerprint density at radius 2 is 1.81 bits per heavy atom. The lowest BCUT2D eigenvalue weighted by molar-refractivity contribution is -0.137. The van der Waals surface area contributed by atoms with Crippen molar-refractivity contribution in [3.8, 4) is 17.1 Å². The predicted molar refractivity (Wildman–Crippen MR) is 114 cm³/mol. The highest BCUT2D eigenvalue weighted by Gasteiger charge is 2.30. The second-order valence-electron chi connectivity index (χ2n) is 7.27. The maximum atomic E-state index is 12.9. The second kappa shape index (κ2) is 7.89. The lowest BCUT2D eigenvalue weighted by atomic mass is 10.0. The van der Waals surface area contributed by atoms with Crippen LogP contribution < -0.4 is 4.74 Å². The van der Waals surface area contributed by atoms with Gasteiger partial charge in [0.05, 0.1) is 35.1 Å². The molecule has 0 saturated carbocycles. The van der Waals surface area contributed by atoms with Gasteiger partial charge in [0.25, 0.3) is 0 Å². The Morgan fingerprint density at radius 3 is 2.39 bits per heavy atom. The number of hydrogen-bond acceptors (Lipinski definition) is 3. The highest BCUT2D eigenvalue weighted by molar-refractivity contribution is 6.36. The number of aromatic nitrogens is 3. The maximum absolute atomic E-state index is 12.9. The van der Waals surface area contributed by atoms with Crippen molar-refractivity contribution < 1.29 is 17.9 Å². The monoisotopic (exact) mass is 445 g/mol. The van der Waals surface area contributed by atoms with E-state index in [1.165, 1.54) is 19.2 Å². The van der Waals surface area contributed by atoms with Crippen LogP contribution in [0, 0.1) is 6.92 Å². The van der Waals surface area contributed by atoms with Crippen LogP contribution in [-0.4, -0.2) is 21.6 Å². The van der Waals surface area contributed by atoms with E-state index < -0.39 is 11.7 Å². The summed E-state index contributed by atoms with van der Waals surface area (Å²) in [4.78, 5) is 8.90. The number of benzene rings is 2. The van der Waals surface area contributed by atoms with Crippen molar-refractivity contribution in [2.24, 2.45) is 7.05 Å². The number of methoxy groups -OCH3 is 1. The van der Waals surface area contributed by atoms with Gasteiger partial charge in [-0.15, -0.1) is 0 Å². The fourth-order valence-electron chi connectivity index (χ4n) is 3.51. The normalized spacial score (nSPS) is 11.8. The van der Waals surface area contributed by atoms with E-state index in [1.54, 1.807) is 6.20 Å². The molecule has 0 aliphatic carbocycles. The molecule has 160 valence electrons. The Kier molecular flexibility index (Phi) is 5.39. The minimum Gasteiger partial charge on any atom is -0.481 e. The number of aryl methyl sites for hydroxylation is 1. The molecule has 2 aromatic carbocycles. The van der Waals surface area contributed by atoms with Gasteiger partial charge < -0.3 is 9.30 Å². The number of nitrogens with zero attached hydrogens (tertiary/aromatic N) is 3. The Hall–Kier alpha value is -3.06. The molecule has 0 N–H and O–H groups in total. The average molecular weight is 446 g/mol. The first-order chi connectivity index (χ1) is 14.7. The minimum atomic E-state index is -4.38. The van der Waals surface area contributed by atoms with Crippen LogP contribution in [-0.2, 0) is 19.6 Å². The standard InChI is InChI=1S/C23H19ClF3N3O/c1-13-28-12-20(30(13)2)15-6-9-19-17(11-15)21(24)18(22(29-19)31-3)10-14-4-7-16(8-5-14)23(25,26)27/h4-9,11-12H,10H2,1-3H3. The number of hydrogen-bond donors (Lipinski definition) is 0. The highest BCUT2D eigenvalue weighted by Crippen LogP contribution is 2.36. The lowest BCUT2D eigenvalue weighted by Gasteiger charge is -2.14. The SMILES string of the molecule is COc1nc2ccc(-c3cnc(C)n3C)cc2c(Cl)c1Cc1ccc(C(F)(F)F)cc1. The van der Waals surface area contributed by atoms with E-state index in [-0.39, 0.29) is 6.42 Å². The fourth-order valence-corrected chi connectivity index (χ4v) is 3.81. The van der Waals surface area contributed by atoms with E-state index in [4.69, 9.17) is 16.3 Å². The Labute approximate surface area is 182 Å². The van der Waals surface area contributed by atoms with E-state index in [1.807, 2.05) is 36.7 Å². The fraction of sp³-hybridized carbons (Fsp3) is 0.217. The van der Waals surface area contributed by atoms with Gasteiger partial charge in [0.1, 0.15) is 5.82 Å². The molecule has 0 amide bonds. The van der Waals surface area contributed by atoms with Gasteiger partial charge in [-0.25, -0.2) is 9.97 Å². The molecule has 2 heterocycles. The molecule has 4 rings (SSSR count). The van der Waals surface area contributed by atoms with Crippen LogP contribution in [0.15, 0.2) is 48.7 Å². The van der Waals surface area contributed by atoms with Crippen molar-refractivity contribution in [2.45, 2.75) is 19.5 Å². The molecule has 0 aliphatic heterocycles. The number of ether oxygens (including phenoxy) is 1. The zero-order valence-corrected chi connectivity index (χ0v) is 17.8. The van der Waals surface area contributed by atoms with Gasteiger partial charge >= 0.3 is 6.18 Å². The lowest BCUT2D eigenvalue weighted by Crippen LogP contribution is -2.05. The largest absolute Gasteiger partial charge is 0.481 e. The zero-order chi connectivity index (χ0) is 22.3. The molecule has 31 heavy (non-hydrogen) atoms. The van der Waals surface area contributed by atoms with Crippen LogP contribution in [0.2, 0.25) is 5.02 Å². The molecule has 0 fully saturated rings. The Morgan fingerprint density at radius 1 is 1.10 bits per heavy atom. The van der Waals surface area contributed by atoms with Crippen LogP contribution in [0.3, 0.4) is 0 Å². The number of alkyl halides is 3. The average Bonchev–Trinajstić information content (AvgIpc) is 3.08. The van der Waals surface area contributed by atoms with Gasteiger partial charge in [-0.3, -0.25) is 0 Å². The number of pyridine rings is 1. The van der Waals surface area contributed by atoms with Crippen LogP contribution in [0.25, 0.3) is 22.2 Å². The first-order valence-electron chi connectivity index (χ1n) is 9.50. The highest BCUT2D eigenvalue weighted by atomic mass is 35.5. The molecule has 0 spiro atoms. The maximum Gasteiger partial charge on any atom is 0.416 e. The first-order valence-corrected chi connectivity index (χ1v) is 9.87. The molecule has 4 nitrogen and oxygen atoms in total. The summed E-state index contributed by atoms with van der Waals surface area (Å²) in [7, 11) is 3.43. The van der Waals surface area contributed by atoms with Crippen molar-refractivity contribution in [1.29, 1.82) is 0 Å². The quantitative estimate of drug-likeness (QED) is 0.374. The molecule has 4 aromatic rings. The van der Waals surface area contributed by atoms with Gasteiger partial charge in [0, 0.05) is 30.0 Å². The van der Waals surface area contributed by atoms with Crippen molar-refractivity contribution in [3.05, 3.63) is 76.2 Å². The number of rotatable bonds is 4. The van der Waals surface area contributed by atoms with Crippen molar-refractivity contribution in [3.63, 3.8) is 0 Å². The second-order valence-corrected chi connectivity index (χ2v) is 7.64. The third-order valence-corrected chi connectivity index (χ3v) is 5.78. The predicted octanol–water partition coefficient (Wildman–Crippen LogP) is 6.22. The molecular weight excluding hydrogens is 427 g/mol. The molecule has 2 aromatic heterocycles. The van der Waals surface area contributed by atoms with E-state index in [0.717, 1.165) is 34.6 Å². The molecule has 0 atom stereocenters. The third kappa shape index (κ3) is 3.97. The summed E-state index contributed by atoms with van der Waals surface area (Å²) < 4.78 is 46.0. The van der Waals surface area contributed by atoms with Gasteiger partial charge in [0.2, 0.25) is 5.88 Å². The molecule has 0 bridgehead atoms. The van der Waals surface area contributed by atoms with Gasteiger partial charge in [-0.2, -0.15) is 13.2 Å². The number of imidazole rings is 1. The number of halogens is 4. The molecule has 0 aliphatic rings. The summed E-state index contributed by atoms with van der Waals surface area (Å²) in [5, 5.41) is 1.20. The third-order valence-electron chi connectivity index (χ3n) is 5.35. The summed E-state index contributed by atoms with van der Waals surface area (Å²) in [6.45, 7) is 1.92. The first kappa shape index (κ1) is 21.2. The number of fused-ring (bicyclic) bond motifs is 1. The van der Waals surface area contributed by atoms with Gasteiger partial charge in [-0.1, -0.05) is 29.8 Å². The van der Waals surface area contributed by atoms with Crippen LogP contribution >= 0.6 is 11.6 Å². The molecule has 0 saturated heterocycles. The molecular formula is C23H19ClF3N3O. The van der Waals surface area contributed by atoms with Crippen LogP contribution in [0.5, 0.6) is 5.88 Å². The molecule has 0 unspecified atom stereocenters. The minimum absolute atomic E-state index is 0.290.